The van der Waals surface area contributed by atoms with E-state index in [0.29, 0.717) is 0 Å². The first kappa shape index (κ1) is 22.4. The Morgan fingerprint density at radius 1 is 0.800 bits per heavy atom. The monoisotopic (exact) mass is 354 g/mol. The molecule has 0 amide bonds. The van der Waals surface area contributed by atoms with E-state index in [-0.39, 0.29) is 17.7 Å². The van der Waals surface area contributed by atoms with E-state index in [4.69, 9.17) is 9.57 Å². The molecule has 4 heteroatoms. The number of nitrogens with zero attached hydrogens (tertiary/aromatic N) is 2. The van der Waals surface area contributed by atoms with Crippen LogP contribution in [0.1, 0.15) is 111 Å². The molecule has 0 spiro atoms. The van der Waals surface area contributed by atoms with Gasteiger partial charge >= 0.3 is 0 Å². The lowest BCUT2D eigenvalue weighted by molar-refractivity contribution is -0.0720. The second-order valence-electron chi connectivity index (χ2n) is 8.33. The van der Waals surface area contributed by atoms with Crippen molar-refractivity contribution in [2.24, 2.45) is 15.8 Å². The third-order valence-corrected chi connectivity index (χ3v) is 5.52. The molecule has 1 aliphatic heterocycles. The summed E-state index contributed by atoms with van der Waals surface area (Å²) in [6.07, 6.45) is 19.0. The van der Waals surface area contributed by atoms with Gasteiger partial charge in [-0.2, -0.15) is 0 Å². The first-order valence-corrected chi connectivity index (χ1v) is 10.7. The largest absolute Gasteiger partial charge is 0.371 e. The normalized spacial score (nSPS) is 20.2. The van der Waals surface area contributed by atoms with Gasteiger partial charge in [0.2, 0.25) is 6.23 Å². The van der Waals surface area contributed by atoms with Gasteiger partial charge in [0.05, 0.1) is 0 Å². The van der Waals surface area contributed by atoms with Crippen molar-refractivity contribution >= 4 is 0 Å². The molecular formula is C21H42N2O2. The fraction of sp³-hybridized carbons (Fsp3) is 1.00. The van der Waals surface area contributed by atoms with E-state index in [0.717, 1.165) is 6.42 Å². The Kier molecular flexibility index (Phi) is 12.1. The topological polar surface area (TPSA) is 43.2 Å². The summed E-state index contributed by atoms with van der Waals surface area (Å²) in [4.78, 5) is 5.42. The first-order valence-electron chi connectivity index (χ1n) is 10.7. The Morgan fingerprint density at radius 2 is 1.28 bits per heavy atom. The maximum atomic E-state index is 5.42. The average molecular weight is 355 g/mol. The van der Waals surface area contributed by atoms with E-state index in [1.165, 1.54) is 83.5 Å². The van der Waals surface area contributed by atoms with Gasteiger partial charge in [0.1, 0.15) is 0 Å². The molecule has 2 atom stereocenters. The second-order valence-corrected chi connectivity index (χ2v) is 8.33. The van der Waals surface area contributed by atoms with Crippen LogP contribution in [0.15, 0.2) is 10.4 Å². The van der Waals surface area contributed by atoms with Crippen molar-refractivity contribution in [3.63, 3.8) is 0 Å². The van der Waals surface area contributed by atoms with Crippen molar-refractivity contribution in [2.45, 2.75) is 123 Å². The minimum Gasteiger partial charge on any atom is -0.371 e. The lowest BCUT2D eigenvalue weighted by Crippen LogP contribution is -2.38. The molecule has 25 heavy (non-hydrogen) atoms. The molecule has 4 nitrogen and oxygen atoms in total. The van der Waals surface area contributed by atoms with Gasteiger partial charge < -0.3 is 9.57 Å². The van der Waals surface area contributed by atoms with E-state index >= 15 is 0 Å². The number of unbranched alkanes of at least 4 members (excludes halogenated alkanes) is 12. The molecule has 2 unspecified atom stereocenters. The summed E-state index contributed by atoms with van der Waals surface area (Å²) in [5, 5.41) is 7.69. The predicted octanol–water partition coefficient (Wildman–Crippen LogP) is 7.23. The van der Waals surface area contributed by atoms with Gasteiger partial charge in [-0.25, -0.2) is 0 Å². The lowest BCUT2D eigenvalue weighted by Gasteiger charge is -2.31. The van der Waals surface area contributed by atoms with Gasteiger partial charge in [-0.1, -0.05) is 104 Å². The van der Waals surface area contributed by atoms with Crippen molar-refractivity contribution in [2.75, 3.05) is 7.11 Å². The molecule has 0 saturated carbocycles. The van der Waals surface area contributed by atoms with Crippen LogP contribution in [0, 0.1) is 5.41 Å². The van der Waals surface area contributed by atoms with Crippen LogP contribution in [-0.4, -0.2) is 19.4 Å². The molecule has 0 bridgehead atoms. The Labute approximate surface area is 156 Å². The van der Waals surface area contributed by atoms with E-state index in [1.807, 2.05) is 0 Å². The molecule has 0 aliphatic carbocycles. The van der Waals surface area contributed by atoms with Crippen LogP contribution in [0.2, 0.25) is 0 Å². The quantitative estimate of drug-likeness (QED) is 0.274. The van der Waals surface area contributed by atoms with Crippen molar-refractivity contribution in [3.05, 3.63) is 0 Å². The molecule has 0 aromatic heterocycles. The van der Waals surface area contributed by atoms with Crippen LogP contribution in [-0.2, 0) is 9.57 Å². The molecule has 1 heterocycles. The third-order valence-electron chi connectivity index (χ3n) is 5.52. The molecular weight excluding hydrogens is 312 g/mol. The Hall–Kier alpha value is -0.640. The Balaban J connectivity index is 1.91. The van der Waals surface area contributed by atoms with Crippen LogP contribution in [0.4, 0.5) is 0 Å². The molecule has 0 N–H and O–H groups in total. The molecule has 1 rings (SSSR count). The molecule has 0 radical (unpaired) electrons. The summed E-state index contributed by atoms with van der Waals surface area (Å²) in [6.45, 7) is 6.76. The van der Waals surface area contributed by atoms with Gasteiger partial charge in [-0.3, -0.25) is 0 Å². The molecule has 148 valence electrons. The molecule has 0 aromatic rings. The SMILES string of the molecule is CCCCCCCCCCCCCCCC(C)(C)C1ON=NC1OC. The fourth-order valence-corrected chi connectivity index (χ4v) is 3.68. The van der Waals surface area contributed by atoms with Gasteiger partial charge in [-0.15, -0.1) is 5.11 Å². The number of ether oxygens (including phenoxy) is 1. The maximum Gasteiger partial charge on any atom is 0.212 e. The van der Waals surface area contributed by atoms with Crippen LogP contribution in [0.5, 0.6) is 0 Å². The van der Waals surface area contributed by atoms with Gasteiger partial charge in [0.15, 0.2) is 6.10 Å². The predicted molar refractivity (Wildman–Crippen MR) is 105 cm³/mol. The summed E-state index contributed by atoms with van der Waals surface area (Å²) < 4.78 is 5.34. The van der Waals surface area contributed by atoms with Crippen molar-refractivity contribution in [1.82, 2.24) is 0 Å². The number of rotatable bonds is 16. The first-order chi connectivity index (χ1) is 12.1. The smallest absolute Gasteiger partial charge is 0.212 e. The number of methoxy groups -OCH3 is 1. The van der Waals surface area contributed by atoms with Crippen LogP contribution >= 0.6 is 0 Å². The van der Waals surface area contributed by atoms with Gasteiger partial charge in [0, 0.05) is 17.8 Å². The summed E-state index contributed by atoms with van der Waals surface area (Å²) in [7, 11) is 1.67. The van der Waals surface area contributed by atoms with Crippen LogP contribution < -0.4 is 0 Å². The standard InChI is InChI=1S/C21H42N2O2/c1-5-6-7-8-9-10-11-12-13-14-15-16-17-18-21(2,3)19-20(24-4)22-23-25-19/h19-20H,5-18H2,1-4H3. The minimum absolute atomic E-state index is 0.0465. The fourth-order valence-electron chi connectivity index (χ4n) is 3.68. The average Bonchev–Trinajstić information content (AvgIpc) is 3.08. The highest BCUT2D eigenvalue weighted by Crippen LogP contribution is 2.36. The Bertz CT molecular complexity index is 345. The lowest BCUT2D eigenvalue weighted by atomic mass is 9.80. The van der Waals surface area contributed by atoms with E-state index in [1.54, 1.807) is 7.11 Å². The summed E-state index contributed by atoms with van der Waals surface area (Å²) >= 11 is 0. The van der Waals surface area contributed by atoms with E-state index in [9.17, 15) is 0 Å². The second kappa shape index (κ2) is 13.5. The maximum absolute atomic E-state index is 5.42. The van der Waals surface area contributed by atoms with Crippen molar-refractivity contribution in [3.8, 4) is 0 Å². The zero-order chi connectivity index (χ0) is 18.4. The zero-order valence-electron chi connectivity index (χ0n) is 17.3. The number of hydrogen-bond acceptors (Lipinski definition) is 4. The molecule has 0 saturated heterocycles. The van der Waals surface area contributed by atoms with Crippen LogP contribution in [0.25, 0.3) is 0 Å². The molecule has 1 aliphatic rings. The summed E-state index contributed by atoms with van der Waals surface area (Å²) in [5.41, 5.74) is 0.0575. The summed E-state index contributed by atoms with van der Waals surface area (Å²) in [5.74, 6) is 0. The van der Waals surface area contributed by atoms with Crippen molar-refractivity contribution < 1.29 is 9.57 Å². The summed E-state index contributed by atoms with van der Waals surface area (Å²) in [6, 6.07) is 0. The van der Waals surface area contributed by atoms with E-state index in [2.05, 4.69) is 31.2 Å². The van der Waals surface area contributed by atoms with E-state index < -0.39 is 0 Å². The molecule has 0 fully saturated rings. The third kappa shape index (κ3) is 9.58. The van der Waals surface area contributed by atoms with Crippen molar-refractivity contribution in [1.29, 1.82) is 0 Å². The van der Waals surface area contributed by atoms with Gasteiger partial charge in [-0.05, 0) is 6.42 Å². The zero-order valence-corrected chi connectivity index (χ0v) is 17.3. The van der Waals surface area contributed by atoms with Gasteiger partial charge in [0.25, 0.3) is 0 Å². The highest BCUT2D eigenvalue weighted by Gasteiger charge is 2.41. The highest BCUT2D eigenvalue weighted by atomic mass is 16.7. The van der Waals surface area contributed by atoms with Crippen LogP contribution in [0.3, 0.4) is 0 Å². The minimum atomic E-state index is -0.239. The Morgan fingerprint density at radius 3 is 1.76 bits per heavy atom. The molecule has 0 aromatic carbocycles. The highest BCUT2D eigenvalue weighted by molar-refractivity contribution is 4.85. The number of hydrogen-bond donors (Lipinski definition) is 0.